The Labute approximate surface area is 99.2 Å². The number of hydrogen-bond acceptors (Lipinski definition) is 5. The van der Waals surface area contributed by atoms with Crippen LogP contribution in [0, 0.1) is 0 Å². The average Bonchev–Trinajstić information content (AvgIpc) is 2.80. The van der Waals surface area contributed by atoms with Crippen molar-refractivity contribution in [3.05, 3.63) is 30.3 Å². The van der Waals surface area contributed by atoms with Crippen LogP contribution in [0.4, 0.5) is 0 Å². The Morgan fingerprint density at radius 3 is 2.41 bits per heavy atom. The maximum atomic E-state index is 12.3. The van der Waals surface area contributed by atoms with Gasteiger partial charge in [0.15, 0.2) is 0 Å². The molecule has 0 unspecified atom stereocenters. The second kappa shape index (κ2) is 4.25. The summed E-state index contributed by atoms with van der Waals surface area (Å²) in [5, 5.41) is 10.6. The fraction of sp³-hybridized carbons (Fsp3) is 0.300. The van der Waals surface area contributed by atoms with Gasteiger partial charge in [-0.2, -0.15) is 0 Å². The monoisotopic (exact) mass is 252 g/mol. The molecule has 0 aliphatic rings. The van der Waals surface area contributed by atoms with Crippen LogP contribution in [0.3, 0.4) is 0 Å². The van der Waals surface area contributed by atoms with E-state index in [-0.39, 0.29) is 16.1 Å². The zero-order valence-electron chi connectivity index (χ0n) is 9.48. The molecule has 1 aromatic carbocycles. The SMILES string of the molecule is CC(C)n1nnnc1S(=O)(=O)c1ccccc1. The number of benzene rings is 1. The normalized spacial score (nSPS) is 11.9. The van der Waals surface area contributed by atoms with Gasteiger partial charge in [-0.1, -0.05) is 23.3 Å². The molecular formula is C10H12N4O2S. The molecule has 0 spiro atoms. The highest BCUT2D eigenvalue weighted by molar-refractivity contribution is 7.91. The largest absolute Gasteiger partial charge is 0.272 e. The van der Waals surface area contributed by atoms with Gasteiger partial charge in [-0.3, -0.25) is 0 Å². The summed E-state index contributed by atoms with van der Waals surface area (Å²) in [5.41, 5.74) is 0. The first-order valence-corrected chi connectivity index (χ1v) is 6.60. The third-order valence-corrected chi connectivity index (χ3v) is 3.89. The summed E-state index contributed by atoms with van der Waals surface area (Å²) >= 11 is 0. The summed E-state index contributed by atoms with van der Waals surface area (Å²) in [7, 11) is -3.64. The molecule has 90 valence electrons. The molecule has 7 heteroatoms. The molecule has 0 fully saturated rings. The molecule has 2 aromatic rings. The van der Waals surface area contributed by atoms with E-state index in [0.29, 0.717) is 0 Å². The summed E-state index contributed by atoms with van der Waals surface area (Å²) in [4.78, 5) is 0.191. The number of sulfone groups is 1. The van der Waals surface area contributed by atoms with Gasteiger partial charge in [-0.05, 0) is 36.4 Å². The Morgan fingerprint density at radius 2 is 1.82 bits per heavy atom. The van der Waals surface area contributed by atoms with Crippen molar-refractivity contribution in [2.24, 2.45) is 0 Å². The van der Waals surface area contributed by atoms with Crippen molar-refractivity contribution < 1.29 is 8.42 Å². The Kier molecular flexibility index (Phi) is 2.93. The quantitative estimate of drug-likeness (QED) is 0.817. The first kappa shape index (κ1) is 11.7. The molecule has 0 saturated heterocycles. The first-order valence-electron chi connectivity index (χ1n) is 5.11. The van der Waals surface area contributed by atoms with Crippen LogP contribution in [-0.2, 0) is 9.84 Å². The van der Waals surface area contributed by atoms with Gasteiger partial charge in [0, 0.05) is 0 Å². The molecule has 1 heterocycles. The van der Waals surface area contributed by atoms with Crippen LogP contribution in [0.25, 0.3) is 0 Å². The molecule has 0 aliphatic carbocycles. The van der Waals surface area contributed by atoms with Gasteiger partial charge in [0.2, 0.25) is 9.84 Å². The fourth-order valence-electron chi connectivity index (χ4n) is 1.39. The van der Waals surface area contributed by atoms with Crippen LogP contribution in [0.1, 0.15) is 19.9 Å². The maximum absolute atomic E-state index is 12.3. The van der Waals surface area contributed by atoms with Crippen LogP contribution in [0.2, 0.25) is 0 Å². The second-order valence-electron chi connectivity index (χ2n) is 3.82. The highest BCUT2D eigenvalue weighted by atomic mass is 32.2. The predicted octanol–water partition coefficient (Wildman–Crippen LogP) is 1.09. The van der Waals surface area contributed by atoms with Crippen molar-refractivity contribution in [2.45, 2.75) is 29.9 Å². The van der Waals surface area contributed by atoms with Crippen LogP contribution < -0.4 is 0 Å². The highest BCUT2D eigenvalue weighted by Crippen LogP contribution is 2.19. The van der Waals surface area contributed by atoms with Gasteiger partial charge in [-0.25, -0.2) is 13.1 Å². The van der Waals surface area contributed by atoms with Gasteiger partial charge < -0.3 is 0 Å². The Balaban J connectivity index is 2.57. The molecular weight excluding hydrogens is 240 g/mol. The smallest absolute Gasteiger partial charge is 0.215 e. The van der Waals surface area contributed by atoms with E-state index in [2.05, 4.69) is 15.5 Å². The van der Waals surface area contributed by atoms with E-state index in [1.54, 1.807) is 18.2 Å². The van der Waals surface area contributed by atoms with Gasteiger partial charge in [0.1, 0.15) is 0 Å². The topological polar surface area (TPSA) is 77.7 Å². The summed E-state index contributed by atoms with van der Waals surface area (Å²) in [6, 6.07) is 8.01. The Hall–Kier alpha value is -1.76. The van der Waals surface area contributed by atoms with Crippen LogP contribution in [-0.4, -0.2) is 28.6 Å². The second-order valence-corrected chi connectivity index (χ2v) is 5.66. The molecule has 0 bridgehead atoms. The molecule has 0 saturated carbocycles. The lowest BCUT2D eigenvalue weighted by molar-refractivity contribution is 0.464. The van der Waals surface area contributed by atoms with E-state index >= 15 is 0 Å². The van der Waals surface area contributed by atoms with Gasteiger partial charge in [0.25, 0.3) is 5.16 Å². The van der Waals surface area contributed by atoms with Gasteiger partial charge >= 0.3 is 0 Å². The lowest BCUT2D eigenvalue weighted by Crippen LogP contribution is -2.14. The van der Waals surface area contributed by atoms with E-state index in [4.69, 9.17) is 0 Å². The molecule has 2 rings (SSSR count). The molecule has 1 aromatic heterocycles. The third-order valence-electron chi connectivity index (χ3n) is 2.25. The summed E-state index contributed by atoms with van der Waals surface area (Å²) in [6.07, 6.45) is 0. The fourth-order valence-corrected chi connectivity index (χ4v) is 2.76. The molecule has 0 N–H and O–H groups in total. The van der Waals surface area contributed by atoms with Crippen LogP contribution in [0.5, 0.6) is 0 Å². The Bertz CT molecular complexity index is 604. The molecule has 0 radical (unpaired) electrons. The van der Waals surface area contributed by atoms with E-state index in [1.807, 2.05) is 13.8 Å². The minimum absolute atomic E-state index is 0.113. The minimum Gasteiger partial charge on any atom is -0.215 e. The number of nitrogens with zero attached hydrogens (tertiary/aromatic N) is 4. The number of hydrogen-bond donors (Lipinski definition) is 0. The van der Waals surface area contributed by atoms with Gasteiger partial charge in [-0.15, -0.1) is 0 Å². The number of rotatable bonds is 3. The first-order chi connectivity index (χ1) is 8.03. The van der Waals surface area contributed by atoms with E-state index in [0.717, 1.165) is 0 Å². The standard InChI is InChI=1S/C10H12N4O2S/c1-8(2)14-10(11-12-13-14)17(15,16)9-6-4-3-5-7-9/h3-8H,1-2H3. The zero-order chi connectivity index (χ0) is 12.5. The van der Waals surface area contributed by atoms with Crippen molar-refractivity contribution in [1.29, 1.82) is 0 Å². The summed E-state index contributed by atoms with van der Waals surface area (Å²) < 4.78 is 25.8. The molecule has 17 heavy (non-hydrogen) atoms. The molecule has 0 amide bonds. The lowest BCUT2D eigenvalue weighted by Gasteiger charge is -2.07. The molecule has 0 atom stereocenters. The van der Waals surface area contributed by atoms with Crippen LogP contribution in [0.15, 0.2) is 40.4 Å². The van der Waals surface area contributed by atoms with Crippen LogP contribution >= 0.6 is 0 Å². The number of tetrazole rings is 1. The van der Waals surface area contributed by atoms with Crippen molar-refractivity contribution in [3.63, 3.8) is 0 Å². The van der Waals surface area contributed by atoms with Crippen molar-refractivity contribution >= 4 is 9.84 Å². The highest BCUT2D eigenvalue weighted by Gasteiger charge is 2.25. The Morgan fingerprint density at radius 1 is 1.18 bits per heavy atom. The predicted molar refractivity (Wildman–Crippen MR) is 60.1 cm³/mol. The summed E-state index contributed by atoms with van der Waals surface area (Å²) in [6.45, 7) is 3.64. The maximum Gasteiger partial charge on any atom is 0.272 e. The minimum atomic E-state index is -3.64. The zero-order valence-corrected chi connectivity index (χ0v) is 10.3. The number of aromatic nitrogens is 4. The van der Waals surface area contributed by atoms with Crippen molar-refractivity contribution in [3.8, 4) is 0 Å². The van der Waals surface area contributed by atoms with Crippen molar-refractivity contribution in [2.75, 3.05) is 0 Å². The van der Waals surface area contributed by atoms with E-state index in [9.17, 15) is 8.42 Å². The lowest BCUT2D eigenvalue weighted by atomic mass is 10.4. The third kappa shape index (κ3) is 2.05. The molecule has 0 aliphatic heterocycles. The van der Waals surface area contributed by atoms with Crippen molar-refractivity contribution in [1.82, 2.24) is 20.2 Å². The van der Waals surface area contributed by atoms with E-state index in [1.165, 1.54) is 16.8 Å². The van der Waals surface area contributed by atoms with E-state index < -0.39 is 9.84 Å². The summed E-state index contributed by atoms with van der Waals surface area (Å²) in [5.74, 6) is 0. The molecule has 6 nitrogen and oxygen atoms in total. The average molecular weight is 252 g/mol. The van der Waals surface area contributed by atoms with Gasteiger partial charge in [0.05, 0.1) is 10.9 Å².